The molecule has 3 N–H and O–H groups in total. The van der Waals surface area contributed by atoms with E-state index in [2.05, 4.69) is 27.8 Å². The normalized spacial score (nSPS) is 13.8. The van der Waals surface area contributed by atoms with Crippen LogP contribution < -0.4 is 10.6 Å². The molecule has 4 rings (SSSR count). The first kappa shape index (κ1) is 23.9. The van der Waals surface area contributed by atoms with E-state index in [-0.39, 0.29) is 29.8 Å². The highest BCUT2D eigenvalue weighted by atomic mass is 16.5. The Bertz CT molecular complexity index is 1210. The first-order valence-electron chi connectivity index (χ1n) is 11.5. The number of hydrogen-bond donors (Lipinski definition) is 3. The summed E-state index contributed by atoms with van der Waals surface area (Å²) in [5, 5.41) is 14.6. The van der Waals surface area contributed by atoms with Gasteiger partial charge in [0, 0.05) is 12.1 Å². The smallest absolute Gasteiger partial charge is 0.411 e. The number of pyridine rings is 1. The second-order valence-electron chi connectivity index (χ2n) is 8.53. The van der Waals surface area contributed by atoms with Crippen LogP contribution in [-0.2, 0) is 9.53 Å². The SMILES string of the molecule is CCC(C)[C@H](NC(=O)c1ncccc1NC(=O)OCC1c2ccccc2-c2ccccc21)C(=O)O. The lowest BCUT2D eigenvalue weighted by Crippen LogP contribution is -2.45. The Morgan fingerprint density at radius 3 is 2.23 bits per heavy atom. The van der Waals surface area contributed by atoms with Gasteiger partial charge in [-0.05, 0) is 40.3 Å². The molecule has 8 nitrogen and oxygen atoms in total. The summed E-state index contributed by atoms with van der Waals surface area (Å²) >= 11 is 0. The third-order valence-electron chi connectivity index (χ3n) is 6.37. The fraction of sp³-hybridized carbons (Fsp3) is 0.259. The van der Waals surface area contributed by atoms with Crippen LogP contribution in [0.25, 0.3) is 11.1 Å². The summed E-state index contributed by atoms with van der Waals surface area (Å²) in [5.74, 6) is -2.20. The fourth-order valence-electron chi connectivity index (χ4n) is 4.32. The average Bonchev–Trinajstić information content (AvgIpc) is 3.19. The monoisotopic (exact) mass is 473 g/mol. The number of fused-ring (bicyclic) bond motifs is 3. The highest BCUT2D eigenvalue weighted by Gasteiger charge is 2.30. The van der Waals surface area contributed by atoms with Crippen LogP contribution in [0.1, 0.15) is 47.8 Å². The zero-order valence-corrected chi connectivity index (χ0v) is 19.5. The lowest BCUT2D eigenvalue weighted by atomic mass is 9.98. The Kier molecular flexibility index (Phi) is 7.10. The first-order valence-corrected chi connectivity index (χ1v) is 11.5. The van der Waals surface area contributed by atoms with Gasteiger partial charge in [0.05, 0.1) is 5.69 Å². The van der Waals surface area contributed by atoms with Crippen molar-refractivity contribution in [1.29, 1.82) is 0 Å². The van der Waals surface area contributed by atoms with Gasteiger partial charge in [0.2, 0.25) is 0 Å². The number of aliphatic carboxylic acids is 1. The molecule has 1 aromatic heterocycles. The average molecular weight is 474 g/mol. The second kappa shape index (κ2) is 10.4. The third-order valence-corrected chi connectivity index (χ3v) is 6.37. The van der Waals surface area contributed by atoms with E-state index in [0.717, 1.165) is 22.3 Å². The van der Waals surface area contributed by atoms with Crippen LogP contribution in [0.2, 0.25) is 0 Å². The van der Waals surface area contributed by atoms with E-state index in [1.807, 2.05) is 43.3 Å². The van der Waals surface area contributed by atoms with Crippen molar-refractivity contribution in [3.05, 3.63) is 83.7 Å². The van der Waals surface area contributed by atoms with E-state index in [0.29, 0.717) is 6.42 Å². The lowest BCUT2D eigenvalue weighted by Gasteiger charge is -2.20. The zero-order chi connectivity index (χ0) is 24.9. The van der Waals surface area contributed by atoms with Crippen LogP contribution in [0.15, 0.2) is 66.9 Å². The molecule has 2 amide bonds. The fourth-order valence-corrected chi connectivity index (χ4v) is 4.32. The van der Waals surface area contributed by atoms with Crippen LogP contribution in [0.3, 0.4) is 0 Å². The van der Waals surface area contributed by atoms with Gasteiger partial charge >= 0.3 is 12.1 Å². The zero-order valence-electron chi connectivity index (χ0n) is 19.5. The number of carbonyl (C=O) groups is 3. The van der Waals surface area contributed by atoms with Crippen LogP contribution in [0, 0.1) is 5.92 Å². The molecule has 1 aliphatic carbocycles. The maximum atomic E-state index is 12.8. The highest BCUT2D eigenvalue weighted by Crippen LogP contribution is 2.44. The quantitative estimate of drug-likeness (QED) is 0.438. The number of carboxylic acids is 1. The standard InChI is InChI=1S/C27H27N3O5/c1-3-16(2)23(26(32)33)30-25(31)24-22(13-8-14-28-24)29-27(34)35-15-21-19-11-6-4-9-17(19)18-10-5-7-12-20(18)21/h4-14,16,21,23H,3,15H2,1-2H3,(H,29,34)(H,30,31)(H,32,33)/t16?,23-/m0/s1. The van der Waals surface area contributed by atoms with Gasteiger partial charge in [-0.15, -0.1) is 0 Å². The molecular formula is C27H27N3O5. The number of anilines is 1. The molecule has 1 aliphatic rings. The molecule has 0 saturated carbocycles. The number of nitrogens with zero attached hydrogens (tertiary/aromatic N) is 1. The van der Waals surface area contributed by atoms with Crippen molar-refractivity contribution in [1.82, 2.24) is 10.3 Å². The van der Waals surface area contributed by atoms with E-state index in [4.69, 9.17) is 4.74 Å². The predicted octanol–water partition coefficient (Wildman–Crippen LogP) is 4.67. The summed E-state index contributed by atoms with van der Waals surface area (Å²) < 4.78 is 5.55. The number of carbonyl (C=O) groups excluding carboxylic acids is 2. The van der Waals surface area contributed by atoms with Gasteiger partial charge in [0.15, 0.2) is 5.69 Å². The maximum absolute atomic E-state index is 12.8. The molecule has 1 heterocycles. The van der Waals surface area contributed by atoms with Crippen molar-refractivity contribution in [3.8, 4) is 11.1 Å². The van der Waals surface area contributed by atoms with Gasteiger partial charge in [0.25, 0.3) is 5.91 Å². The van der Waals surface area contributed by atoms with Gasteiger partial charge in [-0.1, -0.05) is 68.8 Å². The number of nitrogens with one attached hydrogen (secondary N) is 2. The van der Waals surface area contributed by atoms with Gasteiger partial charge in [-0.2, -0.15) is 0 Å². The van der Waals surface area contributed by atoms with Gasteiger partial charge in [-0.25, -0.2) is 14.6 Å². The third kappa shape index (κ3) is 5.01. The Balaban J connectivity index is 1.45. The predicted molar refractivity (Wildman–Crippen MR) is 131 cm³/mol. The van der Waals surface area contributed by atoms with Gasteiger partial charge in [0.1, 0.15) is 12.6 Å². The Morgan fingerprint density at radius 2 is 1.63 bits per heavy atom. The molecule has 2 aromatic carbocycles. The van der Waals surface area contributed by atoms with E-state index in [1.54, 1.807) is 13.0 Å². The van der Waals surface area contributed by atoms with Crippen molar-refractivity contribution < 1.29 is 24.2 Å². The second-order valence-corrected chi connectivity index (χ2v) is 8.53. The molecule has 0 radical (unpaired) electrons. The summed E-state index contributed by atoms with van der Waals surface area (Å²) in [7, 11) is 0. The number of rotatable bonds is 8. The van der Waals surface area contributed by atoms with Crippen molar-refractivity contribution >= 4 is 23.7 Å². The maximum Gasteiger partial charge on any atom is 0.411 e. The molecule has 35 heavy (non-hydrogen) atoms. The molecule has 180 valence electrons. The van der Waals surface area contributed by atoms with E-state index < -0.39 is 24.0 Å². The molecule has 0 bridgehead atoms. The molecule has 3 aromatic rings. The number of benzene rings is 2. The van der Waals surface area contributed by atoms with Crippen LogP contribution in [-0.4, -0.2) is 40.7 Å². The van der Waals surface area contributed by atoms with Crippen LogP contribution in [0.5, 0.6) is 0 Å². The minimum atomic E-state index is -1.13. The largest absolute Gasteiger partial charge is 0.480 e. The molecule has 0 spiro atoms. The Hall–Kier alpha value is -4.20. The minimum absolute atomic E-state index is 0.0874. The lowest BCUT2D eigenvalue weighted by molar-refractivity contribution is -0.140. The molecular weight excluding hydrogens is 446 g/mol. The van der Waals surface area contributed by atoms with Crippen LogP contribution in [0.4, 0.5) is 10.5 Å². The van der Waals surface area contributed by atoms with Crippen LogP contribution >= 0.6 is 0 Å². The van der Waals surface area contributed by atoms with Gasteiger partial charge < -0.3 is 15.2 Å². The minimum Gasteiger partial charge on any atom is -0.480 e. The van der Waals surface area contributed by atoms with Crippen molar-refractivity contribution in [3.63, 3.8) is 0 Å². The highest BCUT2D eigenvalue weighted by molar-refractivity contribution is 6.02. The summed E-state index contributed by atoms with van der Waals surface area (Å²) in [6.07, 6.45) is 1.24. The summed E-state index contributed by atoms with van der Waals surface area (Å²) in [4.78, 5) is 41.1. The Morgan fingerprint density at radius 1 is 1.00 bits per heavy atom. The Labute approximate surface area is 203 Å². The molecule has 0 aliphatic heterocycles. The summed E-state index contributed by atoms with van der Waals surface area (Å²) in [5.41, 5.74) is 4.47. The van der Waals surface area contributed by atoms with Gasteiger partial charge in [-0.3, -0.25) is 10.1 Å². The molecule has 1 unspecified atom stereocenters. The summed E-state index contributed by atoms with van der Waals surface area (Å²) in [6, 6.07) is 18.1. The molecule has 2 atom stereocenters. The number of hydrogen-bond acceptors (Lipinski definition) is 5. The molecule has 0 saturated heterocycles. The van der Waals surface area contributed by atoms with E-state index in [9.17, 15) is 19.5 Å². The number of aromatic nitrogens is 1. The topological polar surface area (TPSA) is 118 Å². The number of carboxylic acid groups (broad SMARTS) is 1. The number of amides is 2. The van der Waals surface area contributed by atoms with Crippen molar-refractivity contribution in [2.75, 3.05) is 11.9 Å². The van der Waals surface area contributed by atoms with Crippen molar-refractivity contribution in [2.24, 2.45) is 5.92 Å². The number of ether oxygens (including phenoxy) is 1. The van der Waals surface area contributed by atoms with E-state index in [1.165, 1.54) is 12.3 Å². The molecule has 0 fully saturated rings. The first-order chi connectivity index (χ1) is 16.9. The van der Waals surface area contributed by atoms with Crippen molar-refractivity contribution in [2.45, 2.75) is 32.2 Å². The molecule has 8 heteroatoms. The van der Waals surface area contributed by atoms with E-state index >= 15 is 0 Å². The summed E-state index contributed by atoms with van der Waals surface area (Å²) in [6.45, 7) is 3.71.